The van der Waals surface area contributed by atoms with Crippen LogP contribution in [-0.4, -0.2) is 42.0 Å². The molecule has 0 N–H and O–H groups in total. The minimum Gasteiger partial charge on any atom is -0.304 e. The van der Waals surface area contributed by atoms with Gasteiger partial charge in [0.1, 0.15) is 18.7 Å². The fraction of sp³-hybridized carbons (Fsp3) is 0.333. The number of hydrogen-bond donors (Lipinski definition) is 0. The van der Waals surface area contributed by atoms with Crippen LogP contribution in [0.1, 0.15) is 34.7 Å². The Labute approximate surface area is 159 Å². The van der Waals surface area contributed by atoms with Crippen LogP contribution in [0.25, 0.3) is 0 Å². The fourth-order valence-corrected chi connectivity index (χ4v) is 3.90. The summed E-state index contributed by atoms with van der Waals surface area (Å²) in [5.74, 6) is -0.226. The quantitative estimate of drug-likeness (QED) is 0.671. The number of fused-ring (bicyclic) bond motifs is 4. The Morgan fingerprint density at radius 2 is 2.00 bits per heavy atom. The SMILES string of the molecule is Cn1ncc2c1[C@@H](c1noc(=O)n1C)N1C[C@@H]2N(OCc2ccccc2)C1=O. The number of nitrogens with zero attached hydrogens (tertiary/aromatic N) is 6. The number of carbonyl (C=O) groups is 1. The maximum absolute atomic E-state index is 13.1. The molecule has 4 heterocycles. The number of carbonyl (C=O) groups excluding carboxylic acids is 1. The predicted molar refractivity (Wildman–Crippen MR) is 94.7 cm³/mol. The Bertz CT molecular complexity index is 1100. The number of aromatic nitrogens is 4. The smallest absolute Gasteiger partial charge is 0.304 e. The first-order chi connectivity index (χ1) is 13.6. The second-order valence-corrected chi connectivity index (χ2v) is 6.91. The van der Waals surface area contributed by atoms with E-state index in [-0.39, 0.29) is 18.7 Å². The molecule has 2 aromatic heterocycles. The van der Waals surface area contributed by atoms with E-state index >= 15 is 0 Å². The molecule has 2 amide bonds. The van der Waals surface area contributed by atoms with Crippen molar-refractivity contribution in [1.29, 1.82) is 0 Å². The molecule has 0 radical (unpaired) electrons. The number of amides is 2. The Morgan fingerprint density at radius 3 is 2.71 bits per heavy atom. The second kappa shape index (κ2) is 6.06. The van der Waals surface area contributed by atoms with E-state index in [2.05, 4.69) is 10.3 Å². The summed E-state index contributed by atoms with van der Waals surface area (Å²) in [5.41, 5.74) is 2.63. The van der Waals surface area contributed by atoms with E-state index in [1.54, 1.807) is 29.9 Å². The molecule has 144 valence electrons. The Hall–Kier alpha value is -3.40. The average molecular weight is 382 g/mol. The molecule has 1 fully saturated rings. The van der Waals surface area contributed by atoms with Gasteiger partial charge in [-0.2, -0.15) is 10.2 Å². The minimum absolute atomic E-state index is 0.277. The van der Waals surface area contributed by atoms with Gasteiger partial charge in [0.15, 0.2) is 5.82 Å². The largest absolute Gasteiger partial charge is 0.441 e. The van der Waals surface area contributed by atoms with Gasteiger partial charge in [-0.05, 0) is 5.56 Å². The topological polar surface area (TPSA) is 98.6 Å². The lowest BCUT2D eigenvalue weighted by atomic mass is 9.97. The predicted octanol–water partition coefficient (Wildman–Crippen LogP) is 1.12. The summed E-state index contributed by atoms with van der Waals surface area (Å²) in [7, 11) is 3.37. The molecule has 1 aromatic carbocycles. The molecule has 2 atom stereocenters. The van der Waals surface area contributed by atoms with Crippen LogP contribution in [0.4, 0.5) is 4.79 Å². The van der Waals surface area contributed by atoms with Crippen molar-refractivity contribution in [2.75, 3.05) is 6.54 Å². The summed E-state index contributed by atoms with van der Waals surface area (Å²) in [5, 5.41) is 9.66. The molecule has 0 unspecified atom stereocenters. The normalized spacial score (nSPS) is 20.7. The molecular formula is C18H18N6O4. The number of benzene rings is 1. The van der Waals surface area contributed by atoms with Crippen molar-refractivity contribution in [2.45, 2.75) is 18.7 Å². The van der Waals surface area contributed by atoms with E-state index in [1.165, 1.54) is 9.63 Å². The zero-order valence-electron chi connectivity index (χ0n) is 15.3. The van der Waals surface area contributed by atoms with Gasteiger partial charge in [-0.1, -0.05) is 35.5 Å². The molecule has 10 heteroatoms. The molecule has 1 saturated heterocycles. The summed E-state index contributed by atoms with van der Waals surface area (Å²) >= 11 is 0. The third kappa shape index (κ3) is 2.31. The Kier molecular flexibility index (Phi) is 3.63. The van der Waals surface area contributed by atoms with E-state index in [0.29, 0.717) is 12.4 Å². The van der Waals surface area contributed by atoms with Crippen molar-refractivity contribution in [2.24, 2.45) is 14.1 Å². The van der Waals surface area contributed by atoms with Crippen LogP contribution in [0.5, 0.6) is 0 Å². The van der Waals surface area contributed by atoms with Crippen LogP contribution >= 0.6 is 0 Å². The molecule has 10 nitrogen and oxygen atoms in total. The first kappa shape index (κ1) is 16.8. The second-order valence-electron chi connectivity index (χ2n) is 6.91. The standard InChI is InChI=1S/C18H18N6O4/c1-21-16(20-28-18(21)26)15-14-12(8-19-22(14)2)13-9-23(15)17(25)24(13)27-10-11-6-4-3-5-7-11/h3-8,13,15H,9-10H2,1-2H3/t13-,15-/m0/s1. The fourth-order valence-electron chi connectivity index (χ4n) is 3.90. The maximum Gasteiger partial charge on any atom is 0.441 e. The van der Waals surface area contributed by atoms with Gasteiger partial charge < -0.3 is 4.90 Å². The first-order valence-electron chi connectivity index (χ1n) is 8.87. The van der Waals surface area contributed by atoms with E-state index in [9.17, 15) is 9.59 Å². The van der Waals surface area contributed by atoms with Crippen LogP contribution in [0.3, 0.4) is 0 Å². The highest BCUT2D eigenvalue weighted by Gasteiger charge is 2.52. The highest BCUT2D eigenvalue weighted by atomic mass is 16.7. The summed E-state index contributed by atoms with van der Waals surface area (Å²) in [6.07, 6.45) is 1.74. The van der Waals surface area contributed by atoms with Gasteiger partial charge >= 0.3 is 11.8 Å². The van der Waals surface area contributed by atoms with Crippen molar-refractivity contribution < 1.29 is 14.2 Å². The highest BCUT2D eigenvalue weighted by molar-refractivity contribution is 5.78. The number of rotatable bonds is 4. The van der Waals surface area contributed by atoms with Gasteiger partial charge in [0.25, 0.3) is 0 Å². The van der Waals surface area contributed by atoms with Gasteiger partial charge in [0.2, 0.25) is 0 Å². The minimum atomic E-state index is -0.579. The van der Waals surface area contributed by atoms with E-state index in [1.807, 2.05) is 30.3 Å². The van der Waals surface area contributed by atoms with Gasteiger partial charge in [-0.25, -0.2) is 9.59 Å². The third-order valence-electron chi connectivity index (χ3n) is 5.32. The third-order valence-corrected chi connectivity index (χ3v) is 5.32. The van der Waals surface area contributed by atoms with E-state index in [4.69, 9.17) is 9.36 Å². The van der Waals surface area contributed by atoms with Gasteiger partial charge in [-0.15, -0.1) is 0 Å². The van der Waals surface area contributed by atoms with Crippen LogP contribution in [0.15, 0.2) is 45.8 Å². The molecule has 5 rings (SSSR count). The van der Waals surface area contributed by atoms with Crippen molar-refractivity contribution >= 4 is 6.03 Å². The van der Waals surface area contributed by atoms with E-state index < -0.39 is 11.8 Å². The molecule has 0 aliphatic carbocycles. The summed E-state index contributed by atoms with van der Waals surface area (Å²) in [6.45, 7) is 0.692. The molecular weight excluding hydrogens is 364 g/mol. The number of hydrogen-bond acceptors (Lipinski definition) is 6. The van der Waals surface area contributed by atoms with Crippen LogP contribution in [0.2, 0.25) is 0 Å². The summed E-state index contributed by atoms with van der Waals surface area (Å²) in [4.78, 5) is 32.5. The lowest BCUT2D eigenvalue weighted by Gasteiger charge is -2.29. The maximum atomic E-state index is 13.1. The molecule has 2 bridgehead atoms. The molecule has 0 spiro atoms. The zero-order chi connectivity index (χ0) is 19.4. The summed E-state index contributed by atoms with van der Waals surface area (Å²) < 4.78 is 7.81. The van der Waals surface area contributed by atoms with Gasteiger partial charge in [0.05, 0.1) is 18.4 Å². The zero-order valence-corrected chi connectivity index (χ0v) is 15.3. The van der Waals surface area contributed by atoms with Crippen LogP contribution in [-0.2, 0) is 25.5 Å². The highest BCUT2D eigenvalue weighted by Crippen LogP contribution is 2.45. The van der Waals surface area contributed by atoms with Gasteiger partial charge in [0, 0.05) is 19.7 Å². The molecule has 28 heavy (non-hydrogen) atoms. The van der Waals surface area contributed by atoms with Crippen LogP contribution < -0.4 is 5.76 Å². The monoisotopic (exact) mass is 382 g/mol. The molecule has 2 aliphatic rings. The molecule has 2 aliphatic heterocycles. The van der Waals surface area contributed by atoms with Crippen molar-refractivity contribution in [1.82, 2.24) is 29.5 Å². The van der Waals surface area contributed by atoms with Crippen molar-refractivity contribution in [3.8, 4) is 0 Å². The lowest BCUT2D eigenvalue weighted by molar-refractivity contribution is -0.141. The first-order valence-corrected chi connectivity index (χ1v) is 8.87. The van der Waals surface area contributed by atoms with Crippen molar-refractivity contribution in [3.05, 3.63) is 69.7 Å². The van der Waals surface area contributed by atoms with Crippen molar-refractivity contribution in [3.63, 3.8) is 0 Å². The Morgan fingerprint density at radius 1 is 1.21 bits per heavy atom. The molecule has 3 aromatic rings. The summed E-state index contributed by atoms with van der Waals surface area (Å²) in [6, 6.07) is 8.52. The number of urea groups is 1. The molecule has 0 saturated carbocycles. The number of aryl methyl sites for hydroxylation is 1. The van der Waals surface area contributed by atoms with Crippen LogP contribution in [0, 0.1) is 0 Å². The Balaban J connectivity index is 1.53. The lowest BCUT2D eigenvalue weighted by Crippen LogP contribution is -2.37. The number of hydroxylamine groups is 2. The van der Waals surface area contributed by atoms with E-state index in [0.717, 1.165) is 16.8 Å². The van der Waals surface area contributed by atoms with Gasteiger partial charge in [-0.3, -0.25) is 18.6 Å². The average Bonchev–Trinajstić information content (AvgIpc) is 3.33.